The van der Waals surface area contributed by atoms with Crippen LogP contribution < -0.4 is 4.90 Å². The summed E-state index contributed by atoms with van der Waals surface area (Å²) in [5.41, 5.74) is 2.28. The number of benzene rings is 1. The summed E-state index contributed by atoms with van der Waals surface area (Å²) in [6.45, 7) is 9.74. The second-order valence-corrected chi connectivity index (χ2v) is 12.6. The molecule has 42 heavy (non-hydrogen) atoms. The second-order valence-electron chi connectivity index (χ2n) is 10.6. The normalized spacial score (nSPS) is 16.7. The number of morpholine rings is 1. The van der Waals surface area contributed by atoms with Crippen molar-refractivity contribution in [2.24, 2.45) is 0 Å². The summed E-state index contributed by atoms with van der Waals surface area (Å²) in [6.07, 6.45) is 5.01. The number of piperidine rings is 1. The van der Waals surface area contributed by atoms with Crippen LogP contribution >= 0.6 is 22.7 Å². The van der Waals surface area contributed by atoms with Crippen molar-refractivity contribution >= 4 is 44.5 Å². The Morgan fingerprint density at radius 3 is 2.52 bits per heavy atom. The average molecular weight is 608 g/mol. The van der Waals surface area contributed by atoms with Gasteiger partial charge in [0.25, 0.3) is 0 Å². The molecule has 2 fully saturated rings. The maximum Gasteiger partial charge on any atom is 0.236 e. The standard InChI is InChI=1S/C30H34FN7O2S2/c1-3-23-28(37(4-2)30-34-27(24(17-32)41-30)21-5-7-22(31)8-6-21)38-18-25(42-29(38)33-23)20-9-11-35(12-10-20)19-26(39)36-13-15-40-16-14-36/h5-8,18,20H,3-4,9-16,19H2,1-2H3. The molecule has 0 N–H and O–H groups in total. The van der Waals surface area contributed by atoms with E-state index in [2.05, 4.69) is 40.3 Å². The summed E-state index contributed by atoms with van der Waals surface area (Å²) in [7, 11) is 0. The molecule has 1 amide bonds. The van der Waals surface area contributed by atoms with Crippen molar-refractivity contribution < 1.29 is 13.9 Å². The molecule has 1 aromatic carbocycles. The number of ether oxygens (including phenoxy) is 1. The molecule has 3 aromatic heterocycles. The summed E-state index contributed by atoms with van der Waals surface area (Å²) in [6, 6.07) is 8.39. The van der Waals surface area contributed by atoms with Crippen LogP contribution in [0.15, 0.2) is 30.5 Å². The van der Waals surface area contributed by atoms with E-state index in [0.29, 0.717) is 55.9 Å². The Balaban J connectivity index is 1.22. The van der Waals surface area contributed by atoms with Crippen molar-refractivity contribution in [2.75, 3.05) is 57.4 Å². The number of rotatable bonds is 8. The third-order valence-corrected chi connectivity index (χ3v) is 10.2. The number of amides is 1. The lowest BCUT2D eigenvalue weighted by Crippen LogP contribution is -2.47. The van der Waals surface area contributed by atoms with Crippen molar-refractivity contribution in [3.63, 3.8) is 0 Å². The number of nitrogens with zero attached hydrogens (tertiary/aromatic N) is 7. The van der Waals surface area contributed by atoms with Crippen LogP contribution in [0.2, 0.25) is 0 Å². The molecule has 4 aromatic rings. The molecule has 2 saturated heterocycles. The fourth-order valence-electron chi connectivity index (χ4n) is 5.77. The van der Waals surface area contributed by atoms with Gasteiger partial charge < -0.3 is 14.5 Å². The van der Waals surface area contributed by atoms with Crippen LogP contribution in [-0.2, 0) is 16.0 Å². The van der Waals surface area contributed by atoms with Crippen LogP contribution in [0.4, 0.5) is 15.3 Å². The molecule has 0 bridgehead atoms. The SMILES string of the molecule is CCc1nc2sc(C3CCN(CC(=O)N4CCOCC4)CC3)cn2c1N(CC)c1nc(-c2ccc(F)cc2)c(C#N)s1. The van der Waals surface area contributed by atoms with Crippen molar-refractivity contribution in [2.45, 2.75) is 39.0 Å². The Morgan fingerprint density at radius 2 is 1.86 bits per heavy atom. The molecular weight excluding hydrogens is 574 g/mol. The van der Waals surface area contributed by atoms with E-state index in [9.17, 15) is 14.4 Å². The molecule has 0 aliphatic carbocycles. The lowest BCUT2D eigenvalue weighted by molar-refractivity contribution is -0.136. The van der Waals surface area contributed by atoms with Gasteiger partial charge in [-0.05, 0) is 69.5 Å². The molecule has 0 spiro atoms. The van der Waals surface area contributed by atoms with E-state index in [0.717, 1.165) is 59.5 Å². The summed E-state index contributed by atoms with van der Waals surface area (Å²) in [5.74, 6) is 1.29. The number of hydrogen-bond acceptors (Lipinski definition) is 9. The molecule has 6 rings (SSSR count). The Kier molecular flexibility index (Phi) is 8.53. The number of hydrogen-bond donors (Lipinski definition) is 0. The predicted octanol–water partition coefficient (Wildman–Crippen LogP) is 5.29. The monoisotopic (exact) mass is 607 g/mol. The molecule has 0 radical (unpaired) electrons. The highest BCUT2D eigenvalue weighted by atomic mass is 32.1. The first-order valence-electron chi connectivity index (χ1n) is 14.5. The number of fused-ring (bicyclic) bond motifs is 1. The minimum Gasteiger partial charge on any atom is -0.378 e. The van der Waals surface area contributed by atoms with Crippen LogP contribution in [0, 0.1) is 17.1 Å². The Labute approximate surface area is 252 Å². The van der Waals surface area contributed by atoms with Crippen LogP contribution in [0.5, 0.6) is 0 Å². The van der Waals surface area contributed by atoms with Gasteiger partial charge in [-0.15, -0.1) is 11.3 Å². The van der Waals surface area contributed by atoms with E-state index in [1.54, 1.807) is 23.5 Å². The van der Waals surface area contributed by atoms with Crippen LogP contribution in [0.3, 0.4) is 0 Å². The van der Waals surface area contributed by atoms with Gasteiger partial charge >= 0.3 is 0 Å². The Bertz CT molecular complexity index is 1590. The van der Waals surface area contributed by atoms with E-state index >= 15 is 0 Å². The first kappa shape index (κ1) is 28.7. The molecule has 5 heterocycles. The summed E-state index contributed by atoms with van der Waals surface area (Å²) in [4.78, 5) is 31.7. The quantitative estimate of drug-likeness (QED) is 0.269. The number of thiazole rings is 2. The number of carbonyl (C=O) groups is 1. The van der Waals surface area contributed by atoms with Gasteiger partial charge in [-0.1, -0.05) is 18.3 Å². The zero-order valence-corrected chi connectivity index (χ0v) is 25.5. The zero-order chi connectivity index (χ0) is 29.2. The minimum atomic E-state index is -0.322. The van der Waals surface area contributed by atoms with Crippen molar-refractivity contribution in [1.29, 1.82) is 5.26 Å². The highest BCUT2D eigenvalue weighted by Crippen LogP contribution is 2.40. The number of anilines is 2. The number of aromatic nitrogens is 3. The molecule has 12 heteroatoms. The molecule has 0 atom stereocenters. The topological polar surface area (TPSA) is 90.0 Å². The van der Waals surface area contributed by atoms with Gasteiger partial charge in [-0.25, -0.2) is 14.4 Å². The van der Waals surface area contributed by atoms with Gasteiger partial charge in [-0.3, -0.25) is 14.1 Å². The minimum absolute atomic E-state index is 0.201. The zero-order valence-electron chi connectivity index (χ0n) is 23.9. The number of carbonyl (C=O) groups excluding carboxylic acids is 1. The molecule has 2 aliphatic heterocycles. The summed E-state index contributed by atoms with van der Waals surface area (Å²) < 4.78 is 21.1. The maximum absolute atomic E-state index is 13.5. The van der Waals surface area contributed by atoms with Crippen molar-refractivity contribution in [3.05, 3.63) is 51.7 Å². The second kappa shape index (κ2) is 12.5. The Morgan fingerprint density at radius 1 is 1.12 bits per heavy atom. The fraction of sp³-hybridized carbons (Fsp3) is 0.467. The van der Waals surface area contributed by atoms with E-state index < -0.39 is 0 Å². The third-order valence-electron chi connectivity index (χ3n) is 8.07. The van der Waals surface area contributed by atoms with E-state index in [-0.39, 0.29) is 11.7 Å². The predicted molar refractivity (Wildman–Crippen MR) is 163 cm³/mol. The van der Waals surface area contributed by atoms with E-state index in [4.69, 9.17) is 14.7 Å². The molecule has 9 nitrogen and oxygen atoms in total. The summed E-state index contributed by atoms with van der Waals surface area (Å²) >= 11 is 3.08. The third kappa shape index (κ3) is 5.66. The average Bonchev–Trinajstić information content (AvgIpc) is 3.72. The lowest BCUT2D eigenvalue weighted by Gasteiger charge is -2.33. The Hall–Kier alpha value is -3.37. The number of aryl methyl sites for hydroxylation is 1. The number of halogens is 1. The van der Waals surface area contributed by atoms with Crippen molar-refractivity contribution in [1.82, 2.24) is 24.2 Å². The van der Waals surface area contributed by atoms with Gasteiger partial charge in [0.1, 0.15) is 28.3 Å². The molecule has 2 aliphatic rings. The van der Waals surface area contributed by atoms with Crippen LogP contribution in [-0.4, -0.2) is 82.6 Å². The fourth-order valence-corrected chi connectivity index (χ4v) is 7.88. The number of nitriles is 1. The number of imidazole rings is 1. The maximum atomic E-state index is 13.5. The van der Waals surface area contributed by atoms with Crippen LogP contribution in [0.25, 0.3) is 16.2 Å². The van der Waals surface area contributed by atoms with Gasteiger partial charge in [0, 0.05) is 36.3 Å². The highest BCUT2D eigenvalue weighted by molar-refractivity contribution is 7.17. The molecule has 220 valence electrons. The van der Waals surface area contributed by atoms with Gasteiger partial charge in [0.2, 0.25) is 5.91 Å². The number of likely N-dealkylation sites (tertiary alicyclic amines) is 1. The first-order valence-corrected chi connectivity index (χ1v) is 16.1. The molecule has 0 unspecified atom stereocenters. The smallest absolute Gasteiger partial charge is 0.236 e. The van der Waals surface area contributed by atoms with Gasteiger partial charge in [0.15, 0.2) is 10.1 Å². The largest absolute Gasteiger partial charge is 0.378 e. The molecule has 0 saturated carbocycles. The first-order chi connectivity index (χ1) is 20.5. The van der Waals surface area contributed by atoms with E-state index in [1.165, 1.54) is 28.3 Å². The molecular formula is C30H34FN7O2S2. The lowest BCUT2D eigenvalue weighted by atomic mass is 9.96. The van der Waals surface area contributed by atoms with Gasteiger partial charge in [0.05, 0.1) is 25.5 Å². The van der Waals surface area contributed by atoms with Crippen molar-refractivity contribution in [3.8, 4) is 17.3 Å². The van der Waals surface area contributed by atoms with Gasteiger partial charge in [-0.2, -0.15) is 5.26 Å². The van der Waals surface area contributed by atoms with Crippen LogP contribution in [0.1, 0.15) is 48.1 Å². The van der Waals surface area contributed by atoms with E-state index in [1.807, 2.05) is 4.90 Å². The highest BCUT2D eigenvalue weighted by Gasteiger charge is 2.28. The summed E-state index contributed by atoms with van der Waals surface area (Å²) in [5, 5.41) is 10.6.